The summed E-state index contributed by atoms with van der Waals surface area (Å²) in [5.74, 6) is -0.572. The topological polar surface area (TPSA) is 108 Å². The number of carbonyl (C=O) groups is 3. The highest BCUT2D eigenvalue weighted by Gasteiger charge is 2.28. The summed E-state index contributed by atoms with van der Waals surface area (Å²) in [5, 5.41) is 15.0. The monoisotopic (exact) mass is 457 g/mol. The number of hydrogen-bond acceptors (Lipinski definition) is 4. The van der Waals surface area contributed by atoms with E-state index in [2.05, 4.69) is 10.6 Å². The molecule has 0 atom stereocenters. The molecule has 3 aliphatic rings. The smallest absolute Gasteiger partial charge is 0.410 e. The minimum Gasteiger partial charge on any atom is -0.481 e. The molecule has 0 radical (unpaired) electrons. The fourth-order valence-corrected chi connectivity index (χ4v) is 5.30. The van der Waals surface area contributed by atoms with E-state index in [-0.39, 0.29) is 36.6 Å². The van der Waals surface area contributed by atoms with Crippen molar-refractivity contribution in [2.24, 2.45) is 5.92 Å². The molecule has 180 valence electrons. The van der Waals surface area contributed by atoms with Gasteiger partial charge in [-0.25, -0.2) is 9.59 Å². The van der Waals surface area contributed by atoms with E-state index in [4.69, 9.17) is 9.84 Å². The summed E-state index contributed by atoms with van der Waals surface area (Å²) in [5.41, 5.74) is 2.99. The number of nitrogens with one attached hydrogen (secondary N) is 2. The Bertz CT molecular complexity index is 860. The fraction of sp³-hybridized carbons (Fsp3) is 0.640. The van der Waals surface area contributed by atoms with Crippen molar-refractivity contribution in [3.63, 3.8) is 0 Å². The van der Waals surface area contributed by atoms with Gasteiger partial charge in [0, 0.05) is 31.2 Å². The number of carbonyl (C=O) groups excluding carboxylic acids is 2. The number of benzene rings is 1. The third-order valence-electron chi connectivity index (χ3n) is 7.20. The van der Waals surface area contributed by atoms with Crippen molar-refractivity contribution >= 4 is 23.8 Å². The van der Waals surface area contributed by atoms with Crippen LogP contribution in [0.4, 0.5) is 15.3 Å². The van der Waals surface area contributed by atoms with Gasteiger partial charge >= 0.3 is 18.1 Å². The van der Waals surface area contributed by atoms with Crippen molar-refractivity contribution in [3.05, 3.63) is 29.3 Å². The van der Waals surface area contributed by atoms with E-state index in [1.807, 2.05) is 18.2 Å². The molecule has 0 aromatic heterocycles. The van der Waals surface area contributed by atoms with Gasteiger partial charge in [0.25, 0.3) is 0 Å². The molecule has 3 amide bonds. The first-order chi connectivity index (χ1) is 16.0. The highest BCUT2D eigenvalue weighted by Crippen LogP contribution is 2.30. The van der Waals surface area contributed by atoms with Crippen LogP contribution in [0.3, 0.4) is 0 Å². The van der Waals surface area contributed by atoms with Crippen LogP contribution in [0.5, 0.6) is 0 Å². The number of carboxylic acids is 1. The van der Waals surface area contributed by atoms with Crippen LogP contribution in [0.2, 0.25) is 0 Å². The average Bonchev–Trinajstić information content (AvgIpc) is 2.80. The van der Waals surface area contributed by atoms with Gasteiger partial charge in [-0.2, -0.15) is 0 Å². The Morgan fingerprint density at radius 2 is 1.76 bits per heavy atom. The molecule has 0 spiro atoms. The van der Waals surface area contributed by atoms with Crippen LogP contribution in [0.25, 0.3) is 0 Å². The van der Waals surface area contributed by atoms with Gasteiger partial charge in [0.15, 0.2) is 0 Å². The number of nitrogens with zero attached hydrogens (tertiary/aromatic N) is 1. The zero-order valence-corrected chi connectivity index (χ0v) is 19.2. The Hall–Kier alpha value is -2.77. The van der Waals surface area contributed by atoms with Gasteiger partial charge in [0.05, 0.1) is 0 Å². The van der Waals surface area contributed by atoms with Crippen molar-refractivity contribution in [2.45, 2.75) is 89.3 Å². The van der Waals surface area contributed by atoms with E-state index >= 15 is 0 Å². The number of carboxylic acid groups (broad SMARTS) is 1. The van der Waals surface area contributed by atoms with Crippen molar-refractivity contribution < 1.29 is 24.2 Å². The number of hydrogen-bond donors (Lipinski definition) is 3. The predicted molar refractivity (Wildman–Crippen MR) is 124 cm³/mol. The summed E-state index contributed by atoms with van der Waals surface area (Å²) < 4.78 is 5.72. The second kappa shape index (κ2) is 10.9. The summed E-state index contributed by atoms with van der Waals surface area (Å²) in [6, 6.07) is 5.98. The molecule has 8 heteroatoms. The molecule has 8 nitrogen and oxygen atoms in total. The van der Waals surface area contributed by atoms with E-state index in [1.165, 1.54) is 19.3 Å². The zero-order chi connectivity index (χ0) is 23.2. The maximum atomic E-state index is 12.7. The van der Waals surface area contributed by atoms with Crippen LogP contribution in [0, 0.1) is 5.92 Å². The minimum atomic E-state index is -0.759. The van der Waals surface area contributed by atoms with Crippen molar-refractivity contribution in [3.8, 4) is 0 Å². The highest BCUT2D eigenvalue weighted by atomic mass is 16.6. The third-order valence-corrected chi connectivity index (χ3v) is 7.20. The first-order valence-electron chi connectivity index (χ1n) is 12.3. The van der Waals surface area contributed by atoms with Crippen LogP contribution >= 0.6 is 0 Å². The lowest BCUT2D eigenvalue weighted by Crippen LogP contribution is -2.39. The van der Waals surface area contributed by atoms with Crippen molar-refractivity contribution in [1.82, 2.24) is 10.2 Å². The molecule has 2 saturated carbocycles. The Morgan fingerprint density at radius 1 is 1.00 bits per heavy atom. The molecule has 0 bridgehead atoms. The fourth-order valence-electron chi connectivity index (χ4n) is 5.30. The third kappa shape index (κ3) is 6.62. The summed E-state index contributed by atoms with van der Waals surface area (Å²) >= 11 is 0. The van der Waals surface area contributed by atoms with E-state index in [9.17, 15) is 14.4 Å². The number of ether oxygens (including phenoxy) is 1. The van der Waals surface area contributed by atoms with E-state index < -0.39 is 5.97 Å². The van der Waals surface area contributed by atoms with Crippen LogP contribution in [-0.2, 0) is 22.5 Å². The Kier molecular flexibility index (Phi) is 7.73. The number of anilines is 1. The number of urea groups is 1. The molecule has 1 aliphatic heterocycles. The lowest BCUT2D eigenvalue weighted by molar-refractivity contribution is -0.138. The van der Waals surface area contributed by atoms with Gasteiger partial charge < -0.3 is 25.4 Å². The van der Waals surface area contributed by atoms with Crippen LogP contribution in [-0.4, -0.2) is 46.8 Å². The summed E-state index contributed by atoms with van der Waals surface area (Å²) in [4.78, 5) is 37.6. The standard InChI is InChI=1S/C25H35N3O5/c29-23(30)14-17-6-10-22(11-7-17)33-25(32)28-13-12-18-15-21(9-8-19(18)16-28)27-24(31)26-20-4-2-1-3-5-20/h8-9,15,17,20,22H,1-7,10-14,16H2,(H,29,30)(H2,26,27,31). The first kappa shape index (κ1) is 23.4. The number of rotatable bonds is 5. The van der Waals surface area contributed by atoms with Crippen molar-refractivity contribution in [1.29, 1.82) is 0 Å². The van der Waals surface area contributed by atoms with Crippen molar-refractivity contribution in [2.75, 3.05) is 11.9 Å². The summed E-state index contributed by atoms with van der Waals surface area (Å²) in [6.45, 7) is 1.08. The molecule has 4 rings (SSSR count). The number of aliphatic carboxylic acids is 1. The van der Waals surface area contributed by atoms with E-state index in [0.717, 1.165) is 61.8 Å². The molecule has 1 aromatic carbocycles. The van der Waals surface area contributed by atoms with Crippen LogP contribution in [0.15, 0.2) is 18.2 Å². The second-order valence-electron chi connectivity index (χ2n) is 9.71. The van der Waals surface area contributed by atoms with Crippen LogP contribution < -0.4 is 10.6 Å². The van der Waals surface area contributed by atoms with Gasteiger partial charge in [0.2, 0.25) is 0 Å². The van der Waals surface area contributed by atoms with Gasteiger partial charge in [-0.15, -0.1) is 0 Å². The van der Waals surface area contributed by atoms with Gasteiger partial charge in [-0.1, -0.05) is 25.3 Å². The molecule has 0 unspecified atom stereocenters. The van der Waals surface area contributed by atoms with Gasteiger partial charge in [-0.05, 0) is 74.1 Å². The summed E-state index contributed by atoms with van der Waals surface area (Å²) in [7, 11) is 0. The molecule has 3 N–H and O–H groups in total. The molecular formula is C25H35N3O5. The number of amides is 3. The van der Waals surface area contributed by atoms with E-state index in [0.29, 0.717) is 13.1 Å². The van der Waals surface area contributed by atoms with Crippen LogP contribution in [0.1, 0.15) is 75.3 Å². The minimum absolute atomic E-state index is 0.127. The van der Waals surface area contributed by atoms with Gasteiger partial charge in [0.1, 0.15) is 6.10 Å². The Labute approximate surface area is 195 Å². The lowest BCUT2D eigenvalue weighted by Gasteiger charge is -2.32. The number of fused-ring (bicyclic) bond motifs is 1. The average molecular weight is 458 g/mol. The van der Waals surface area contributed by atoms with Gasteiger partial charge in [-0.3, -0.25) is 4.79 Å². The first-order valence-corrected chi connectivity index (χ1v) is 12.3. The molecule has 1 aromatic rings. The summed E-state index contributed by atoms with van der Waals surface area (Å²) in [6.07, 6.45) is 9.23. The normalized spacial score (nSPS) is 23.3. The predicted octanol–water partition coefficient (Wildman–Crippen LogP) is 4.67. The Balaban J connectivity index is 1.24. The molecule has 0 saturated heterocycles. The molecule has 2 fully saturated rings. The largest absolute Gasteiger partial charge is 0.481 e. The van der Waals surface area contributed by atoms with E-state index in [1.54, 1.807) is 4.90 Å². The zero-order valence-electron chi connectivity index (χ0n) is 19.2. The SMILES string of the molecule is O=C(O)CC1CCC(OC(=O)N2CCc3cc(NC(=O)NC4CCCCC4)ccc3C2)CC1. The Morgan fingerprint density at radius 3 is 2.48 bits per heavy atom. The quantitative estimate of drug-likeness (QED) is 0.596. The molecule has 1 heterocycles. The second-order valence-corrected chi connectivity index (χ2v) is 9.71. The molecular weight excluding hydrogens is 422 g/mol. The molecule has 33 heavy (non-hydrogen) atoms. The maximum Gasteiger partial charge on any atom is 0.410 e. The molecule has 2 aliphatic carbocycles. The lowest BCUT2D eigenvalue weighted by atomic mass is 9.85. The highest BCUT2D eigenvalue weighted by molar-refractivity contribution is 5.89. The maximum absolute atomic E-state index is 12.7.